The molecule has 0 fully saturated rings. The van der Waals surface area contributed by atoms with E-state index in [4.69, 9.17) is 4.74 Å². The lowest BCUT2D eigenvalue weighted by atomic mass is 10.2. The zero-order valence-electron chi connectivity index (χ0n) is 12.8. The first-order chi connectivity index (χ1) is 10.2. The highest BCUT2D eigenvalue weighted by atomic mass is 79.9. The number of anilines is 1. The van der Waals surface area contributed by atoms with Crippen LogP contribution >= 0.6 is 15.9 Å². The lowest BCUT2D eigenvalue weighted by Crippen LogP contribution is -2.33. The molecular formula is C14H20BrN3O4. The first kappa shape index (κ1) is 18.2. The van der Waals surface area contributed by atoms with Crippen LogP contribution in [0.1, 0.15) is 27.2 Å². The highest BCUT2D eigenvalue weighted by molar-refractivity contribution is 9.10. The Morgan fingerprint density at radius 1 is 1.36 bits per heavy atom. The number of nitro benzene ring substituents is 1. The van der Waals surface area contributed by atoms with E-state index < -0.39 is 16.6 Å². The second-order valence-electron chi connectivity index (χ2n) is 5.60. The Labute approximate surface area is 137 Å². The molecular weight excluding hydrogens is 354 g/mol. The van der Waals surface area contributed by atoms with Crippen LogP contribution in [0.15, 0.2) is 22.7 Å². The Kier molecular flexibility index (Phi) is 6.61. The van der Waals surface area contributed by atoms with Crippen LogP contribution in [-0.2, 0) is 4.74 Å². The summed E-state index contributed by atoms with van der Waals surface area (Å²) in [5, 5.41) is 16.6. The van der Waals surface area contributed by atoms with Gasteiger partial charge in [-0.05, 0) is 49.2 Å². The van der Waals surface area contributed by atoms with Gasteiger partial charge in [0.25, 0.3) is 5.69 Å². The normalized spacial score (nSPS) is 10.9. The standard InChI is InChI=1S/C14H20BrN3O4/c1-14(2,3)22-13(19)17-9-5-8-16-12-10(15)6-4-7-11(12)18(20)21/h4,6-7,16H,5,8-9H2,1-3H3,(H,17,19). The number of nitrogens with one attached hydrogen (secondary N) is 2. The van der Waals surface area contributed by atoms with Crippen LogP contribution in [0, 0.1) is 10.1 Å². The fourth-order valence-corrected chi connectivity index (χ4v) is 2.14. The van der Waals surface area contributed by atoms with E-state index >= 15 is 0 Å². The summed E-state index contributed by atoms with van der Waals surface area (Å²) in [6, 6.07) is 4.78. The van der Waals surface area contributed by atoms with Crippen LogP contribution < -0.4 is 10.6 Å². The molecule has 0 aliphatic heterocycles. The minimum absolute atomic E-state index is 0.00877. The van der Waals surface area contributed by atoms with Crippen LogP contribution in [0.4, 0.5) is 16.2 Å². The van der Waals surface area contributed by atoms with Gasteiger partial charge in [-0.2, -0.15) is 0 Å². The number of amides is 1. The molecule has 1 aromatic rings. The quantitative estimate of drug-likeness (QED) is 0.450. The summed E-state index contributed by atoms with van der Waals surface area (Å²) in [4.78, 5) is 22.0. The van der Waals surface area contributed by atoms with Crippen LogP contribution in [0.5, 0.6) is 0 Å². The molecule has 0 saturated carbocycles. The Balaban J connectivity index is 2.40. The largest absolute Gasteiger partial charge is 0.444 e. The minimum atomic E-state index is -0.530. The minimum Gasteiger partial charge on any atom is -0.444 e. The third-order valence-corrected chi connectivity index (χ3v) is 3.17. The van der Waals surface area contributed by atoms with Crippen molar-refractivity contribution < 1.29 is 14.5 Å². The van der Waals surface area contributed by atoms with Gasteiger partial charge < -0.3 is 15.4 Å². The van der Waals surface area contributed by atoms with E-state index in [1.165, 1.54) is 6.07 Å². The number of carbonyl (C=O) groups is 1. The topological polar surface area (TPSA) is 93.5 Å². The smallest absolute Gasteiger partial charge is 0.407 e. The second-order valence-corrected chi connectivity index (χ2v) is 6.45. The summed E-state index contributed by atoms with van der Waals surface area (Å²) in [5.41, 5.74) is -0.0862. The van der Waals surface area contributed by atoms with Gasteiger partial charge in [-0.3, -0.25) is 10.1 Å². The van der Waals surface area contributed by atoms with E-state index in [2.05, 4.69) is 26.6 Å². The van der Waals surface area contributed by atoms with Crippen molar-refractivity contribution in [3.63, 3.8) is 0 Å². The molecule has 1 rings (SSSR count). The first-order valence-corrected chi connectivity index (χ1v) is 7.63. The first-order valence-electron chi connectivity index (χ1n) is 6.84. The summed E-state index contributed by atoms with van der Waals surface area (Å²) in [7, 11) is 0. The fourth-order valence-electron chi connectivity index (χ4n) is 1.65. The molecule has 0 radical (unpaired) electrons. The monoisotopic (exact) mass is 373 g/mol. The molecule has 0 aliphatic carbocycles. The lowest BCUT2D eigenvalue weighted by molar-refractivity contribution is -0.384. The number of alkyl carbamates (subject to hydrolysis) is 1. The summed E-state index contributed by atoms with van der Waals surface area (Å²) in [6.07, 6.45) is 0.136. The molecule has 0 unspecified atom stereocenters. The molecule has 0 aromatic heterocycles. The average molecular weight is 374 g/mol. The van der Waals surface area contributed by atoms with Crippen molar-refractivity contribution in [2.75, 3.05) is 18.4 Å². The van der Waals surface area contributed by atoms with Gasteiger partial charge in [0.05, 0.1) is 4.92 Å². The lowest BCUT2D eigenvalue weighted by Gasteiger charge is -2.19. The SMILES string of the molecule is CC(C)(C)OC(=O)NCCCNc1c(Br)cccc1[N+](=O)[O-]. The van der Waals surface area contributed by atoms with Gasteiger partial charge in [-0.1, -0.05) is 6.07 Å². The molecule has 0 heterocycles. The van der Waals surface area contributed by atoms with Crippen LogP contribution in [0.2, 0.25) is 0 Å². The highest BCUT2D eigenvalue weighted by Crippen LogP contribution is 2.31. The fraction of sp³-hybridized carbons (Fsp3) is 0.500. The van der Waals surface area contributed by atoms with Gasteiger partial charge in [0.2, 0.25) is 0 Å². The number of hydrogen-bond acceptors (Lipinski definition) is 5. The number of hydrogen-bond donors (Lipinski definition) is 2. The van der Waals surface area contributed by atoms with Gasteiger partial charge in [-0.25, -0.2) is 4.79 Å². The van der Waals surface area contributed by atoms with Crippen molar-refractivity contribution in [2.45, 2.75) is 32.8 Å². The molecule has 0 spiro atoms. The number of ether oxygens (including phenoxy) is 1. The predicted molar refractivity (Wildman–Crippen MR) is 88.1 cm³/mol. The molecule has 0 atom stereocenters. The number of para-hydroxylation sites is 1. The van der Waals surface area contributed by atoms with Crippen LogP contribution in [0.3, 0.4) is 0 Å². The molecule has 1 amide bonds. The average Bonchev–Trinajstić information content (AvgIpc) is 2.37. The molecule has 0 bridgehead atoms. The molecule has 122 valence electrons. The second kappa shape index (κ2) is 7.98. The van der Waals surface area contributed by atoms with Crippen molar-refractivity contribution in [3.05, 3.63) is 32.8 Å². The van der Waals surface area contributed by atoms with E-state index in [1.807, 2.05) is 0 Å². The number of nitro groups is 1. The Morgan fingerprint density at radius 3 is 2.64 bits per heavy atom. The van der Waals surface area contributed by atoms with Crippen molar-refractivity contribution in [1.82, 2.24) is 5.32 Å². The molecule has 2 N–H and O–H groups in total. The molecule has 0 saturated heterocycles. The van der Waals surface area contributed by atoms with Gasteiger partial charge >= 0.3 is 6.09 Å². The van der Waals surface area contributed by atoms with Crippen molar-refractivity contribution in [1.29, 1.82) is 0 Å². The Hall–Kier alpha value is -1.83. The molecule has 8 heteroatoms. The Bertz CT molecular complexity index is 543. The van der Waals surface area contributed by atoms with E-state index in [1.54, 1.807) is 32.9 Å². The summed E-state index contributed by atoms with van der Waals surface area (Å²) >= 11 is 3.28. The van der Waals surface area contributed by atoms with E-state index in [-0.39, 0.29) is 5.69 Å². The van der Waals surface area contributed by atoms with Gasteiger partial charge in [0, 0.05) is 23.6 Å². The van der Waals surface area contributed by atoms with Crippen molar-refractivity contribution >= 4 is 33.4 Å². The summed E-state index contributed by atoms with van der Waals surface area (Å²) < 4.78 is 5.73. The number of carbonyl (C=O) groups excluding carboxylic acids is 1. The van der Waals surface area contributed by atoms with Crippen molar-refractivity contribution in [2.24, 2.45) is 0 Å². The maximum absolute atomic E-state index is 11.4. The third kappa shape index (κ3) is 6.30. The highest BCUT2D eigenvalue weighted by Gasteiger charge is 2.16. The van der Waals surface area contributed by atoms with Gasteiger partial charge in [0.15, 0.2) is 0 Å². The predicted octanol–water partition coefficient (Wildman–Crippen LogP) is 3.68. The number of nitrogens with zero attached hydrogens (tertiary/aromatic N) is 1. The van der Waals surface area contributed by atoms with Crippen LogP contribution in [-0.4, -0.2) is 29.7 Å². The maximum Gasteiger partial charge on any atom is 0.407 e. The van der Waals surface area contributed by atoms with Gasteiger partial charge in [0.1, 0.15) is 11.3 Å². The van der Waals surface area contributed by atoms with Crippen LogP contribution in [0.25, 0.3) is 0 Å². The molecule has 7 nitrogen and oxygen atoms in total. The Morgan fingerprint density at radius 2 is 2.05 bits per heavy atom. The van der Waals surface area contributed by atoms with E-state index in [0.29, 0.717) is 29.7 Å². The van der Waals surface area contributed by atoms with Gasteiger partial charge in [-0.15, -0.1) is 0 Å². The molecule has 22 heavy (non-hydrogen) atoms. The number of rotatable bonds is 6. The zero-order chi connectivity index (χ0) is 16.8. The zero-order valence-corrected chi connectivity index (χ0v) is 14.4. The summed E-state index contributed by atoms with van der Waals surface area (Å²) in [6.45, 7) is 6.28. The van der Waals surface area contributed by atoms with Crippen molar-refractivity contribution in [3.8, 4) is 0 Å². The summed E-state index contributed by atoms with van der Waals surface area (Å²) in [5.74, 6) is 0. The molecule has 1 aromatic carbocycles. The number of benzene rings is 1. The van der Waals surface area contributed by atoms with E-state index in [9.17, 15) is 14.9 Å². The van der Waals surface area contributed by atoms with E-state index in [0.717, 1.165) is 0 Å². The maximum atomic E-state index is 11.4. The molecule has 0 aliphatic rings. The number of halogens is 1. The third-order valence-electron chi connectivity index (χ3n) is 2.51.